The Bertz CT molecular complexity index is 421. The van der Waals surface area contributed by atoms with Crippen molar-refractivity contribution in [3.8, 4) is 0 Å². The summed E-state index contributed by atoms with van der Waals surface area (Å²) >= 11 is 1.32. The molecule has 7 nitrogen and oxygen atoms in total. The lowest BCUT2D eigenvalue weighted by molar-refractivity contribution is -0.138. The highest BCUT2D eigenvalue weighted by Crippen LogP contribution is 2.10. The normalized spacial score (nSPS) is 12.1. The number of carbonyl (C=O) groups is 2. The van der Waals surface area contributed by atoms with Crippen LogP contribution in [0.4, 0.5) is 5.88 Å². The third-order valence-electron chi connectivity index (χ3n) is 2.01. The summed E-state index contributed by atoms with van der Waals surface area (Å²) in [5, 5.41) is 14.7. The monoisotopic (exact) mass is 273 g/mol. The van der Waals surface area contributed by atoms with E-state index in [9.17, 15) is 9.59 Å². The number of nitrogens with two attached hydrogens (primary N) is 1. The molecule has 0 fully saturated rings. The van der Waals surface area contributed by atoms with E-state index >= 15 is 0 Å². The maximum absolute atomic E-state index is 11.4. The van der Waals surface area contributed by atoms with Crippen molar-refractivity contribution in [2.24, 2.45) is 5.73 Å². The number of nitrogens with one attached hydrogen (secondary N) is 1. The smallest absolute Gasteiger partial charge is 0.320 e. The van der Waals surface area contributed by atoms with Crippen LogP contribution in [0.3, 0.4) is 0 Å². The molecule has 1 rings (SSSR count). The Morgan fingerprint density at radius 1 is 1.67 bits per heavy atom. The molecule has 1 amide bonds. The summed E-state index contributed by atoms with van der Waals surface area (Å²) in [5.41, 5.74) is 6.01. The van der Waals surface area contributed by atoms with Crippen LogP contribution in [-0.2, 0) is 9.59 Å². The Morgan fingerprint density at radius 3 is 2.94 bits per heavy atom. The number of aliphatic carboxylic acids is 1. The molecule has 8 heteroatoms. The summed E-state index contributed by atoms with van der Waals surface area (Å²) in [7, 11) is 0. The van der Waals surface area contributed by atoms with Crippen LogP contribution in [0.2, 0.25) is 0 Å². The highest BCUT2D eigenvalue weighted by Gasteiger charge is 2.11. The van der Waals surface area contributed by atoms with Gasteiger partial charge in [-0.2, -0.15) is 11.8 Å². The SMILES string of the molecule is Cc1cc(NC(=O)CSCCC(N)C(=O)O)on1. The molecule has 18 heavy (non-hydrogen) atoms. The van der Waals surface area contributed by atoms with E-state index in [0.717, 1.165) is 0 Å². The summed E-state index contributed by atoms with van der Waals surface area (Å²) < 4.78 is 4.82. The summed E-state index contributed by atoms with van der Waals surface area (Å²) in [6.45, 7) is 1.75. The van der Waals surface area contributed by atoms with Gasteiger partial charge in [0.05, 0.1) is 11.4 Å². The molecule has 1 aromatic rings. The van der Waals surface area contributed by atoms with Gasteiger partial charge in [0.2, 0.25) is 11.8 Å². The number of carbonyl (C=O) groups excluding carboxylic acids is 1. The van der Waals surface area contributed by atoms with E-state index in [1.54, 1.807) is 13.0 Å². The van der Waals surface area contributed by atoms with Gasteiger partial charge in [-0.1, -0.05) is 5.16 Å². The van der Waals surface area contributed by atoms with Gasteiger partial charge in [0.25, 0.3) is 0 Å². The minimum absolute atomic E-state index is 0.214. The predicted molar refractivity (Wildman–Crippen MR) is 67.4 cm³/mol. The molecule has 1 atom stereocenters. The first-order valence-corrected chi connectivity index (χ1v) is 6.44. The molecule has 1 aromatic heterocycles. The van der Waals surface area contributed by atoms with Crippen LogP contribution in [0, 0.1) is 6.92 Å². The average molecular weight is 273 g/mol. The number of aromatic nitrogens is 1. The lowest BCUT2D eigenvalue weighted by atomic mass is 10.2. The van der Waals surface area contributed by atoms with Crippen molar-refractivity contribution in [1.82, 2.24) is 5.16 Å². The second kappa shape index (κ2) is 7.02. The van der Waals surface area contributed by atoms with Gasteiger partial charge >= 0.3 is 5.97 Å². The molecule has 100 valence electrons. The van der Waals surface area contributed by atoms with Crippen LogP contribution in [0.5, 0.6) is 0 Å². The van der Waals surface area contributed by atoms with Crippen LogP contribution >= 0.6 is 11.8 Å². The largest absolute Gasteiger partial charge is 0.480 e. The van der Waals surface area contributed by atoms with Crippen molar-refractivity contribution in [3.63, 3.8) is 0 Å². The average Bonchev–Trinajstić information content (AvgIpc) is 2.69. The zero-order chi connectivity index (χ0) is 13.5. The third kappa shape index (κ3) is 5.19. The number of hydrogen-bond donors (Lipinski definition) is 3. The first-order chi connectivity index (χ1) is 8.49. The van der Waals surface area contributed by atoms with Crippen molar-refractivity contribution < 1.29 is 19.2 Å². The van der Waals surface area contributed by atoms with E-state index in [0.29, 0.717) is 23.8 Å². The Kier molecular flexibility index (Phi) is 5.66. The van der Waals surface area contributed by atoms with Crippen LogP contribution in [-0.4, -0.2) is 39.7 Å². The minimum Gasteiger partial charge on any atom is -0.480 e. The second-order valence-electron chi connectivity index (χ2n) is 3.67. The van der Waals surface area contributed by atoms with Gasteiger partial charge in [-0.05, 0) is 19.1 Å². The number of carboxylic acids is 1. The maximum atomic E-state index is 11.4. The molecule has 0 aliphatic carbocycles. The van der Waals surface area contributed by atoms with E-state index in [-0.39, 0.29) is 11.7 Å². The molecule has 0 bridgehead atoms. The summed E-state index contributed by atoms with van der Waals surface area (Å²) in [4.78, 5) is 21.9. The minimum atomic E-state index is -1.03. The second-order valence-corrected chi connectivity index (χ2v) is 4.77. The molecule has 1 unspecified atom stereocenters. The van der Waals surface area contributed by atoms with E-state index in [1.165, 1.54) is 11.8 Å². The Morgan fingerprint density at radius 2 is 2.39 bits per heavy atom. The Labute approximate surface area is 108 Å². The predicted octanol–water partition coefficient (Wildman–Crippen LogP) is 0.457. The Hall–Kier alpha value is -1.54. The quantitative estimate of drug-likeness (QED) is 0.617. The van der Waals surface area contributed by atoms with Crippen molar-refractivity contribution in [2.45, 2.75) is 19.4 Å². The van der Waals surface area contributed by atoms with E-state index in [4.69, 9.17) is 15.4 Å². The molecule has 4 N–H and O–H groups in total. The number of nitrogens with zero attached hydrogens (tertiary/aromatic N) is 1. The van der Waals surface area contributed by atoms with Crippen LogP contribution < -0.4 is 11.1 Å². The van der Waals surface area contributed by atoms with Crippen LogP contribution in [0.25, 0.3) is 0 Å². The van der Waals surface area contributed by atoms with Crippen molar-refractivity contribution in [3.05, 3.63) is 11.8 Å². The van der Waals surface area contributed by atoms with Gasteiger partial charge in [0.1, 0.15) is 6.04 Å². The van der Waals surface area contributed by atoms with E-state index < -0.39 is 12.0 Å². The van der Waals surface area contributed by atoms with Crippen molar-refractivity contribution >= 4 is 29.5 Å². The first kappa shape index (κ1) is 14.5. The number of hydrogen-bond acceptors (Lipinski definition) is 6. The number of anilines is 1. The lowest BCUT2D eigenvalue weighted by Crippen LogP contribution is -2.30. The number of amides is 1. The molecule has 0 spiro atoms. The molecular formula is C10H15N3O4S. The molecule has 0 aliphatic rings. The third-order valence-corrected chi connectivity index (χ3v) is 3.00. The van der Waals surface area contributed by atoms with Gasteiger partial charge in [-0.3, -0.25) is 14.9 Å². The fraction of sp³-hybridized carbons (Fsp3) is 0.500. The maximum Gasteiger partial charge on any atom is 0.320 e. The molecular weight excluding hydrogens is 258 g/mol. The summed E-state index contributed by atoms with van der Waals surface area (Å²) in [6.07, 6.45) is 0.328. The number of carboxylic acid groups (broad SMARTS) is 1. The van der Waals surface area contributed by atoms with Crippen molar-refractivity contribution in [2.75, 3.05) is 16.8 Å². The molecule has 0 aromatic carbocycles. The van der Waals surface area contributed by atoms with Crippen molar-refractivity contribution in [1.29, 1.82) is 0 Å². The molecule has 0 aliphatic heterocycles. The van der Waals surface area contributed by atoms with Gasteiger partial charge < -0.3 is 15.4 Å². The molecule has 0 saturated carbocycles. The number of thioether (sulfide) groups is 1. The molecule has 0 radical (unpaired) electrons. The van der Waals surface area contributed by atoms with Gasteiger partial charge in [0.15, 0.2) is 0 Å². The fourth-order valence-electron chi connectivity index (χ4n) is 1.09. The van der Waals surface area contributed by atoms with Gasteiger partial charge in [-0.25, -0.2) is 0 Å². The van der Waals surface area contributed by atoms with E-state index in [2.05, 4.69) is 10.5 Å². The summed E-state index contributed by atoms with van der Waals surface area (Å²) in [5.74, 6) is -0.222. The highest BCUT2D eigenvalue weighted by atomic mass is 32.2. The van der Waals surface area contributed by atoms with Gasteiger partial charge in [0, 0.05) is 6.07 Å². The Balaban J connectivity index is 2.16. The lowest BCUT2D eigenvalue weighted by Gasteiger charge is -2.05. The fourth-order valence-corrected chi connectivity index (χ4v) is 1.92. The zero-order valence-corrected chi connectivity index (χ0v) is 10.7. The van der Waals surface area contributed by atoms with E-state index in [1.807, 2.05) is 0 Å². The van der Waals surface area contributed by atoms with Crippen LogP contribution in [0.15, 0.2) is 10.6 Å². The number of rotatable bonds is 7. The molecule has 0 saturated heterocycles. The van der Waals surface area contributed by atoms with Crippen LogP contribution in [0.1, 0.15) is 12.1 Å². The summed E-state index contributed by atoms with van der Waals surface area (Å²) in [6, 6.07) is 0.737. The zero-order valence-electron chi connectivity index (χ0n) is 9.88. The van der Waals surface area contributed by atoms with Gasteiger partial charge in [-0.15, -0.1) is 0 Å². The first-order valence-electron chi connectivity index (χ1n) is 5.28. The highest BCUT2D eigenvalue weighted by molar-refractivity contribution is 7.99. The topological polar surface area (TPSA) is 118 Å². The molecule has 1 heterocycles. The standard InChI is InChI=1S/C10H15N3O4S/c1-6-4-9(17-13-6)12-8(14)5-18-3-2-7(11)10(15)16/h4,7H,2-3,5,11H2,1H3,(H,12,14)(H,15,16). The number of aryl methyl sites for hydroxylation is 1.